The van der Waals surface area contributed by atoms with E-state index in [2.05, 4.69) is 0 Å². The second-order valence-corrected chi connectivity index (χ2v) is 8.46. The normalized spacial score (nSPS) is 20.9. The zero-order valence-corrected chi connectivity index (χ0v) is 17.2. The Labute approximate surface area is 176 Å². The number of hydrogen-bond donors (Lipinski definition) is 0. The smallest absolute Gasteiger partial charge is 0.291 e. The number of rotatable bonds is 4. The van der Waals surface area contributed by atoms with E-state index in [4.69, 9.17) is 9.15 Å². The molecule has 1 saturated heterocycles. The summed E-state index contributed by atoms with van der Waals surface area (Å²) in [6.45, 7) is 1.05. The summed E-state index contributed by atoms with van der Waals surface area (Å²) in [4.78, 5) is 29.4. The third-order valence-electron chi connectivity index (χ3n) is 5.78. The maximum atomic E-state index is 13.8. The van der Waals surface area contributed by atoms with Crippen molar-refractivity contribution in [2.24, 2.45) is 0 Å². The molecule has 0 N–H and O–H groups in total. The van der Waals surface area contributed by atoms with Gasteiger partial charge in [0, 0.05) is 18.0 Å². The Bertz CT molecular complexity index is 1180. The zero-order chi connectivity index (χ0) is 20.8. The van der Waals surface area contributed by atoms with E-state index >= 15 is 0 Å². The van der Waals surface area contributed by atoms with E-state index in [1.54, 1.807) is 16.7 Å². The zero-order valence-electron chi connectivity index (χ0n) is 16.4. The SMILES string of the molecule is CSc1ccc([C@H]2c3c(oc4ccc(F)cc4c3=O)C(=O)N2C[C@H]2CCCO2)cc1. The molecule has 2 aliphatic heterocycles. The van der Waals surface area contributed by atoms with Crippen LogP contribution in [-0.4, -0.2) is 36.3 Å². The number of thioether (sulfide) groups is 1. The van der Waals surface area contributed by atoms with Crippen molar-refractivity contribution in [3.05, 3.63) is 75.4 Å². The number of fused-ring (bicyclic) bond motifs is 2. The van der Waals surface area contributed by atoms with E-state index in [1.807, 2.05) is 30.5 Å². The van der Waals surface area contributed by atoms with Crippen molar-refractivity contribution in [2.45, 2.75) is 29.9 Å². The van der Waals surface area contributed by atoms with Crippen LogP contribution in [0.15, 0.2) is 56.6 Å². The minimum Gasteiger partial charge on any atom is -0.450 e. The van der Waals surface area contributed by atoms with Gasteiger partial charge in [-0.1, -0.05) is 12.1 Å². The van der Waals surface area contributed by atoms with Crippen molar-refractivity contribution < 1.29 is 18.3 Å². The molecule has 5 rings (SSSR count). The van der Waals surface area contributed by atoms with Gasteiger partial charge in [0.2, 0.25) is 5.76 Å². The molecule has 0 saturated carbocycles. The van der Waals surface area contributed by atoms with Gasteiger partial charge >= 0.3 is 0 Å². The summed E-state index contributed by atoms with van der Waals surface area (Å²) >= 11 is 1.62. The maximum absolute atomic E-state index is 13.8. The van der Waals surface area contributed by atoms with Crippen molar-refractivity contribution in [3.8, 4) is 0 Å². The van der Waals surface area contributed by atoms with Crippen LogP contribution >= 0.6 is 11.8 Å². The molecule has 3 aromatic rings. The van der Waals surface area contributed by atoms with E-state index in [1.165, 1.54) is 18.2 Å². The molecule has 2 atom stereocenters. The molecule has 0 spiro atoms. The molecule has 0 radical (unpaired) electrons. The summed E-state index contributed by atoms with van der Waals surface area (Å²) in [6, 6.07) is 11.0. The van der Waals surface area contributed by atoms with Gasteiger partial charge in [0.25, 0.3) is 5.91 Å². The van der Waals surface area contributed by atoms with Crippen molar-refractivity contribution in [1.82, 2.24) is 4.90 Å². The number of carbonyl (C=O) groups is 1. The fourth-order valence-corrected chi connectivity index (χ4v) is 4.73. The van der Waals surface area contributed by atoms with E-state index in [9.17, 15) is 14.0 Å². The lowest BCUT2D eigenvalue weighted by Crippen LogP contribution is -2.36. The fourth-order valence-electron chi connectivity index (χ4n) is 4.32. The first-order valence-electron chi connectivity index (χ1n) is 9.89. The molecule has 1 amide bonds. The quantitative estimate of drug-likeness (QED) is 0.581. The lowest BCUT2D eigenvalue weighted by Gasteiger charge is -2.27. The second-order valence-electron chi connectivity index (χ2n) is 7.58. The molecule has 1 aromatic heterocycles. The molecular formula is C23H20FNO4S. The van der Waals surface area contributed by atoms with Gasteiger partial charge in [-0.2, -0.15) is 0 Å². The van der Waals surface area contributed by atoms with E-state index in [0.717, 1.165) is 23.3 Å². The van der Waals surface area contributed by atoms with Crippen LogP contribution in [0.25, 0.3) is 11.0 Å². The number of carbonyl (C=O) groups excluding carboxylic acids is 1. The molecule has 2 aromatic carbocycles. The average molecular weight is 425 g/mol. The summed E-state index contributed by atoms with van der Waals surface area (Å²) in [6.07, 6.45) is 3.74. The Kier molecular flexibility index (Phi) is 4.87. The van der Waals surface area contributed by atoms with Crippen LogP contribution in [0, 0.1) is 5.82 Å². The molecule has 7 heteroatoms. The molecule has 1 fully saturated rings. The predicted octanol–water partition coefficient (Wildman–Crippen LogP) is 4.38. The van der Waals surface area contributed by atoms with Crippen LogP contribution in [0.4, 0.5) is 4.39 Å². The average Bonchev–Trinajstić information content (AvgIpc) is 3.37. The monoisotopic (exact) mass is 425 g/mol. The third kappa shape index (κ3) is 3.13. The summed E-state index contributed by atoms with van der Waals surface area (Å²) in [7, 11) is 0. The first-order chi connectivity index (χ1) is 14.6. The van der Waals surface area contributed by atoms with Crippen molar-refractivity contribution in [2.75, 3.05) is 19.4 Å². The van der Waals surface area contributed by atoms with Gasteiger partial charge in [-0.05, 0) is 55.0 Å². The summed E-state index contributed by atoms with van der Waals surface area (Å²) in [5, 5.41) is 0.145. The standard InChI is InChI=1S/C23H20FNO4S/c1-30-16-7-4-13(5-8-16)20-19-21(26)17-11-14(24)6-9-18(17)29-22(19)23(27)25(20)12-15-3-2-10-28-15/h4-9,11,15,20H,2-3,10,12H2,1H3/t15-,20+/m1/s1. The largest absolute Gasteiger partial charge is 0.450 e. The van der Waals surface area contributed by atoms with Gasteiger partial charge in [0.05, 0.1) is 23.1 Å². The summed E-state index contributed by atoms with van der Waals surface area (Å²) in [5.41, 5.74) is 0.936. The predicted molar refractivity (Wildman–Crippen MR) is 113 cm³/mol. The topological polar surface area (TPSA) is 59.8 Å². The Hall–Kier alpha value is -2.64. The molecule has 154 valence electrons. The van der Waals surface area contributed by atoms with Crippen LogP contribution in [-0.2, 0) is 4.74 Å². The highest BCUT2D eigenvalue weighted by Gasteiger charge is 2.43. The first kappa shape index (κ1) is 19.3. The first-order valence-corrected chi connectivity index (χ1v) is 11.1. The van der Waals surface area contributed by atoms with E-state index in [-0.39, 0.29) is 39.7 Å². The van der Waals surface area contributed by atoms with Crippen LogP contribution in [0.3, 0.4) is 0 Å². The van der Waals surface area contributed by atoms with Gasteiger partial charge < -0.3 is 14.1 Å². The van der Waals surface area contributed by atoms with Crippen LogP contribution in [0.2, 0.25) is 0 Å². The van der Waals surface area contributed by atoms with Crippen molar-refractivity contribution >= 4 is 28.6 Å². The van der Waals surface area contributed by atoms with Gasteiger partial charge in [-0.15, -0.1) is 11.8 Å². The number of hydrogen-bond acceptors (Lipinski definition) is 5. The van der Waals surface area contributed by atoms with Gasteiger partial charge in [0.15, 0.2) is 5.43 Å². The Morgan fingerprint density at radius 3 is 2.67 bits per heavy atom. The Balaban J connectivity index is 1.69. The fraction of sp³-hybridized carbons (Fsp3) is 0.304. The lowest BCUT2D eigenvalue weighted by molar-refractivity contribution is 0.0486. The molecule has 30 heavy (non-hydrogen) atoms. The van der Waals surface area contributed by atoms with E-state index in [0.29, 0.717) is 13.2 Å². The highest BCUT2D eigenvalue weighted by Crippen LogP contribution is 2.39. The third-order valence-corrected chi connectivity index (χ3v) is 6.53. The van der Waals surface area contributed by atoms with Crippen LogP contribution in [0.1, 0.15) is 40.6 Å². The molecule has 0 bridgehead atoms. The highest BCUT2D eigenvalue weighted by atomic mass is 32.2. The summed E-state index contributed by atoms with van der Waals surface area (Å²) < 4.78 is 25.4. The van der Waals surface area contributed by atoms with E-state index < -0.39 is 11.9 Å². The number of amides is 1. The number of benzene rings is 2. The van der Waals surface area contributed by atoms with Crippen LogP contribution in [0.5, 0.6) is 0 Å². The lowest BCUT2D eigenvalue weighted by atomic mass is 9.98. The Morgan fingerprint density at radius 2 is 1.97 bits per heavy atom. The summed E-state index contributed by atoms with van der Waals surface area (Å²) in [5.74, 6) is -0.810. The minimum absolute atomic E-state index is 0.0380. The number of nitrogens with zero attached hydrogens (tertiary/aromatic N) is 1. The molecule has 2 aliphatic rings. The van der Waals surface area contributed by atoms with Gasteiger partial charge in [-0.25, -0.2) is 4.39 Å². The molecule has 0 unspecified atom stereocenters. The number of ether oxygens (including phenoxy) is 1. The van der Waals surface area contributed by atoms with Gasteiger partial charge in [-0.3, -0.25) is 9.59 Å². The minimum atomic E-state index is -0.587. The molecular weight excluding hydrogens is 405 g/mol. The number of halogens is 1. The van der Waals surface area contributed by atoms with Gasteiger partial charge in [0.1, 0.15) is 11.4 Å². The maximum Gasteiger partial charge on any atom is 0.291 e. The molecule has 0 aliphatic carbocycles. The Morgan fingerprint density at radius 1 is 1.17 bits per heavy atom. The van der Waals surface area contributed by atoms with Crippen LogP contribution < -0.4 is 5.43 Å². The molecule has 5 nitrogen and oxygen atoms in total. The van der Waals surface area contributed by atoms with Crippen molar-refractivity contribution in [3.63, 3.8) is 0 Å². The second kappa shape index (κ2) is 7.56. The highest BCUT2D eigenvalue weighted by molar-refractivity contribution is 7.98. The molecule has 3 heterocycles. The van der Waals surface area contributed by atoms with Crippen molar-refractivity contribution in [1.29, 1.82) is 0 Å².